The lowest BCUT2D eigenvalue weighted by molar-refractivity contribution is 0.0958. The van der Waals surface area contributed by atoms with E-state index >= 15 is 0 Å². The summed E-state index contributed by atoms with van der Waals surface area (Å²) in [6.45, 7) is 2.70. The van der Waals surface area contributed by atoms with Crippen molar-refractivity contribution in [2.24, 2.45) is 0 Å². The Bertz CT molecular complexity index is 565. The average molecular weight is 313 g/mol. The molecule has 1 amide bonds. The number of halogens is 1. The van der Waals surface area contributed by atoms with Crippen LogP contribution in [0.3, 0.4) is 0 Å². The van der Waals surface area contributed by atoms with E-state index in [2.05, 4.69) is 21.2 Å². The van der Waals surface area contributed by atoms with E-state index < -0.39 is 0 Å². The predicted molar refractivity (Wildman–Crippen MR) is 76.6 cm³/mol. The van der Waals surface area contributed by atoms with Crippen LogP contribution >= 0.6 is 27.3 Å². The molecule has 0 atom stereocenters. The number of amides is 1. The summed E-state index contributed by atoms with van der Waals surface area (Å²) < 4.78 is 2.02. The van der Waals surface area contributed by atoms with Crippen LogP contribution in [0.4, 0.5) is 5.69 Å². The fourth-order valence-corrected chi connectivity index (χ4v) is 3.17. The number of benzene rings is 1. The number of anilines is 1. The number of rotatable bonds is 3. The van der Waals surface area contributed by atoms with Crippen LogP contribution in [0.15, 0.2) is 22.7 Å². The number of nitrogens with one attached hydrogen (secondary N) is 1. The topological polar surface area (TPSA) is 55.1 Å². The van der Waals surface area contributed by atoms with Gasteiger partial charge < -0.3 is 11.1 Å². The first kappa shape index (κ1) is 12.4. The third-order valence-corrected chi connectivity index (χ3v) is 4.09. The molecular formula is C12H13BrN2OS. The molecule has 0 aliphatic rings. The normalized spacial score (nSPS) is 10.7. The summed E-state index contributed by atoms with van der Waals surface area (Å²) in [5, 5.41) is 3.79. The molecule has 0 bridgehead atoms. The highest BCUT2D eigenvalue weighted by atomic mass is 79.9. The molecule has 1 aromatic carbocycles. The third kappa shape index (κ3) is 2.45. The van der Waals surface area contributed by atoms with Gasteiger partial charge in [0.2, 0.25) is 0 Å². The van der Waals surface area contributed by atoms with E-state index in [4.69, 9.17) is 5.73 Å². The first-order valence-electron chi connectivity index (χ1n) is 5.39. The molecule has 0 saturated carbocycles. The standard InChI is InChI=1S/C12H13BrN2OS/c1-2-5-15-12(16)11-10(14)8-4-3-7(13)6-9(8)17-11/h3-4,6H,2,5,14H2,1H3,(H,15,16). The van der Waals surface area contributed by atoms with Crippen LogP contribution in [-0.4, -0.2) is 12.5 Å². The van der Waals surface area contributed by atoms with Crippen molar-refractivity contribution in [2.45, 2.75) is 13.3 Å². The zero-order valence-corrected chi connectivity index (χ0v) is 11.8. The van der Waals surface area contributed by atoms with Gasteiger partial charge in [0.25, 0.3) is 5.91 Å². The van der Waals surface area contributed by atoms with Crippen LogP contribution in [0.1, 0.15) is 23.0 Å². The average Bonchev–Trinajstić information content (AvgIpc) is 2.63. The van der Waals surface area contributed by atoms with E-state index in [9.17, 15) is 4.79 Å². The van der Waals surface area contributed by atoms with Gasteiger partial charge >= 0.3 is 0 Å². The van der Waals surface area contributed by atoms with Gasteiger partial charge in [-0.2, -0.15) is 0 Å². The molecule has 17 heavy (non-hydrogen) atoms. The van der Waals surface area contributed by atoms with Gasteiger partial charge in [0, 0.05) is 21.1 Å². The molecule has 0 radical (unpaired) electrons. The molecule has 0 spiro atoms. The maximum Gasteiger partial charge on any atom is 0.263 e. The van der Waals surface area contributed by atoms with E-state index in [-0.39, 0.29) is 5.91 Å². The minimum atomic E-state index is -0.0818. The molecule has 2 aromatic rings. The minimum absolute atomic E-state index is 0.0818. The Balaban J connectivity index is 2.41. The number of carbonyl (C=O) groups is 1. The number of nitrogen functional groups attached to an aromatic ring is 1. The summed E-state index contributed by atoms with van der Waals surface area (Å²) in [6, 6.07) is 5.84. The number of hydrogen-bond acceptors (Lipinski definition) is 3. The van der Waals surface area contributed by atoms with Gasteiger partial charge in [-0.05, 0) is 18.6 Å². The summed E-state index contributed by atoms with van der Waals surface area (Å²) in [6.07, 6.45) is 0.919. The second-order valence-electron chi connectivity index (χ2n) is 3.74. The Morgan fingerprint density at radius 3 is 3.00 bits per heavy atom. The van der Waals surface area contributed by atoms with Crippen LogP contribution in [0.2, 0.25) is 0 Å². The summed E-state index contributed by atoms with van der Waals surface area (Å²) in [5.41, 5.74) is 6.57. The van der Waals surface area contributed by atoms with Gasteiger partial charge in [0.05, 0.1) is 5.69 Å². The quantitative estimate of drug-likeness (QED) is 0.912. The molecule has 0 aliphatic heterocycles. The monoisotopic (exact) mass is 312 g/mol. The summed E-state index contributed by atoms with van der Waals surface area (Å²) >= 11 is 4.84. The maximum absolute atomic E-state index is 11.9. The molecule has 3 N–H and O–H groups in total. The Morgan fingerprint density at radius 1 is 1.53 bits per heavy atom. The van der Waals surface area contributed by atoms with Gasteiger partial charge in [-0.3, -0.25) is 4.79 Å². The predicted octanol–water partition coefficient (Wildman–Crippen LogP) is 3.39. The SMILES string of the molecule is CCCNC(=O)c1sc2cc(Br)ccc2c1N. The van der Waals surface area contributed by atoms with E-state index in [0.29, 0.717) is 17.1 Å². The van der Waals surface area contributed by atoms with Gasteiger partial charge in [-0.15, -0.1) is 11.3 Å². The van der Waals surface area contributed by atoms with Crippen molar-refractivity contribution in [3.8, 4) is 0 Å². The molecule has 0 saturated heterocycles. The Labute approximate surface area is 112 Å². The van der Waals surface area contributed by atoms with Crippen LogP contribution in [0.5, 0.6) is 0 Å². The number of carbonyl (C=O) groups excluding carboxylic acids is 1. The lowest BCUT2D eigenvalue weighted by atomic mass is 10.2. The van der Waals surface area contributed by atoms with E-state index in [1.807, 2.05) is 25.1 Å². The van der Waals surface area contributed by atoms with Gasteiger partial charge in [0.1, 0.15) is 4.88 Å². The van der Waals surface area contributed by atoms with Crippen LogP contribution < -0.4 is 11.1 Å². The third-order valence-electron chi connectivity index (χ3n) is 2.43. The Morgan fingerprint density at radius 2 is 2.29 bits per heavy atom. The zero-order valence-electron chi connectivity index (χ0n) is 9.42. The highest BCUT2D eigenvalue weighted by Gasteiger charge is 2.15. The van der Waals surface area contributed by atoms with Crippen molar-refractivity contribution >= 4 is 48.9 Å². The number of hydrogen-bond donors (Lipinski definition) is 2. The van der Waals surface area contributed by atoms with Gasteiger partial charge in [-0.1, -0.05) is 28.9 Å². The highest BCUT2D eigenvalue weighted by Crippen LogP contribution is 2.35. The van der Waals surface area contributed by atoms with Crippen molar-refractivity contribution in [3.05, 3.63) is 27.5 Å². The Kier molecular flexibility index (Phi) is 3.69. The molecule has 1 heterocycles. The minimum Gasteiger partial charge on any atom is -0.397 e. The molecule has 0 aliphatic carbocycles. The molecule has 2 rings (SSSR count). The fraction of sp³-hybridized carbons (Fsp3) is 0.250. The molecule has 1 aromatic heterocycles. The van der Waals surface area contributed by atoms with Crippen molar-refractivity contribution in [1.82, 2.24) is 5.32 Å². The zero-order chi connectivity index (χ0) is 12.4. The van der Waals surface area contributed by atoms with Crippen molar-refractivity contribution in [1.29, 1.82) is 0 Å². The molecule has 0 fully saturated rings. The van der Waals surface area contributed by atoms with Crippen LogP contribution in [-0.2, 0) is 0 Å². The van der Waals surface area contributed by atoms with Crippen LogP contribution in [0.25, 0.3) is 10.1 Å². The smallest absolute Gasteiger partial charge is 0.263 e. The van der Waals surface area contributed by atoms with Crippen molar-refractivity contribution in [2.75, 3.05) is 12.3 Å². The lowest BCUT2D eigenvalue weighted by Gasteiger charge is -2.01. The first-order valence-corrected chi connectivity index (χ1v) is 7.00. The highest BCUT2D eigenvalue weighted by molar-refractivity contribution is 9.10. The number of nitrogens with two attached hydrogens (primary N) is 1. The van der Waals surface area contributed by atoms with Crippen molar-refractivity contribution < 1.29 is 4.79 Å². The summed E-state index contributed by atoms with van der Waals surface area (Å²) in [4.78, 5) is 12.5. The van der Waals surface area contributed by atoms with Crippen LogP contribution in [0, 0.1) is 0 Å². The number of thiophene rings is 1. The maximum atomic E-state index is 11.9. The fourth-order valence-electron chi connectivity index (χ4n) is 1.58. The van der Waals surface area contributed by atoms with Gasteiger partial charge in [-0.25, -0.2) is 0 Å². The summed E-state index contributed by atoms with van der Waals surface area (Å²) in [5.74, 6) is -0.0818. The van der Waals surface area contributed by atoms with Gasteiger partial charge in [0.15, 0.2) is 0 Å². The molecule has 3 nitrogen and oxygen atoms in total. The second kappa shape index (κ2) is 5.06. The van der Waals surface area contributed by atoms with E-state index in [1.165, 1.54) is 11.3 Å². The van der Waals surface area contributed by atoms with E-state index in [0.717, 1.165) is 21.0 Å². The largest absolute Gasteiger partial charge is 0.397 e. The first-order chi connectivity index (χ1) is 8.13. The second-order valence-corrected chi connectivity index (χ2v) is 5.71. The molecule has 5 heteroatoms. The molecular weight excluding hydrogens is 300 g/mol. The molecule has 90 valence electrons. The Hall–Kier alpha value is -1.07. The number of fused-ring (bicyclic) bond motifs is 1. The molecule has 0 unspecified atom stereocenters. The van der Waals surface area contributed by atoms with E-state index in [1.54, 1.807) is 0 Å². The van der Waals surface area contributed by atoms with Crippen molar-refractivity contribution in [3.63, 3.8) is 0 Å². The summed E-state index contributed by atoms with van der Waals surface area (Å²) in [7, 11) is 0. The lowest BCUT2D eigenvalue weighted by Crippen LogP contribution is -2.23.